The van der Waals surface area contributed by atoms with E-state index in [4.69, 9.17) is 34.1 Å². The summed E-state index contributed by atoms with van der Waals surface area (Å²) in [5, 5.41) is 15.1. The molecule has 0 aromatic heterocycles. The molecule has 0 aliphatic carbocycles. The van der Waals surface area contributed by atoms with Crippen LogP contribution in [0.15, 0.2) is 23.4 Å². The van der Waals surface area contributed by atoms with E-state index in [1.807, 2.05) is 0 Å². The van der Waals surface area contributed by atoms with Gasteiger partial charge in [0.15, 0.2) is 5.84 Å². The highest BCUT2D eigenvalue weighted by Crippen LogP contribution is 2.29. The number of amidine groups is 1. The fourth-order valence-electron chi connectivity index (χ4n) is 1.42. The van der Waals surface area contributed by atoms with E-state index in [1.54, 1.807) is 26.0 Å². The molecule has 0 spiro atoms. The molecule has 19 heavy (non-hydrogen) atoms. The minimum absolute atomic E-state index is 0.155. The Morgan fingerprint density at radius 2 is 2.16 bits per heavy atom. The predicted molar refractivity (Wildman–Crippen MR) is 76.9 cm³/mol. The van der Waals surface area contributed by atoms with Crippen molar-refractivity contribution in [3.05, 3.63) is 28.2 Å². The Kier molecular flexibility index (Phi) is 5.03. The molecule has 1 aromatic carbocycles. The third kappa shape index (κ3) is 3.30. The maximum atomic E-state index is 12.2. The molecule has 0 saturated carbocycles. The van der Waals surface area contributed by atoms with Gasteiger partial charge >= 0.3 is 0 Å². The van der Waals surface area contributed by atoms with Crippen LogP contribution in [0.5, 0.6) is 0 Å². The Hall–Kier alpha value is -1.46. The molecular weight excluding hydrogens is 289 g/mol. The SMILES string of the molecule is CCC(C)(C(=O)Nc1ccc(Cl)cc1Cl)/C(N)=N/O. The van der Waals surface area contributed by atoms with E-state index >= 15 is 0 Å². The average Bonchev–Trinajstić information content (AvgIpc) is 2.39. The standard InChI is InChI=1S/C12H15Cl2N3O2/c1-3-12(2,10(15)17-19)11(18)16-9-5-4-7(13)6-8(9)14/h4-6,19H,3H2,1-2H3,(H2,15,17)(H,16,18). The van der Waals surface area contributed by atoms with Crippen LogP contribution in [0.1, 0.15) is 20.3 Å². The van der Waals surface area contributed by atoms with Gasteiger partial charge in [-0.05, 0) is 31.5 Å². The summed E-state index contributed by atoms with van der Waals surface area (Å²) in [7, 11) is 0. The van der Waals surface area contributed by atoms with Crippen LogP contribution in [0.2, 0.25) is 10.0 Å². The van der Waals surface area contributed by atoms with Gasteiger partial charge in [-0.15, -0.1) is 0 Å². The number of anilines is 1. The van der Waals surface area contributed by atoms with E-state index in [0.29, 0.717) is 22.2 Å². The van der Waals surface area contributed by atoms with Crippen LogP contribution in [0.3, 0.4) is 0 Å². The number of hydrogen-bond acceptors (Lipinski definition) is 3. The Bertz CT molecular complexity index is 520. The van der Waals surface area contributed by atoms with Crippen LogP contribution in [-0.4, -0.2) is 17.0 Å². The van der Waals surface area contributed by atoms with Gasteiger partial charge < -0.3 is 16.3 Å². The van der Waals surface area contributed by atoms with Gasteiger partial charge in [-0.1, -0.05) is 35.3 Å². The maximum Gasteiger partial charge on any atom is 0.238 e. The highest BCUT2D eigenvalue weighted by Gasteiger charge is 2.36. The zero-order chi connectivity index (χ0) is 14.6. The molecule has 0 radical (unpaired) electrons. The van der Waals surface area contributed by atoms with Crippen molar-refractivity contribution in [3.63, 3.8) is 0 Å². The monoisotopic (exact) mass is 303 g/mol. The molecule has 7 heteroatoms. The molecule has 1 rings (SSSR count). The molecule has 1 unspecified atom stereocenters. The topological polar surface area (TPSA) is 87.7 Å². The van der Waals surface area contributed by atoms with Gasteiger partial charge in [0.1, 0.15) is 5.41 Å². The van der Waals surface area contributed by atoms with Crippen LogP contribution >= 0.6 is 23.2 Å². The van der Waals surface area contributed by atoms with Crippen molar-refractivity contribution in [2.24, 2.45) is 16.3 Å². The van der Waals surface area contributed by atoms with Crippen LogP contribution in [-0.2, 0) is 4.79 Å². The Labute approximate surface area is 121 Å². The molecule has 1 amide bonds. The second-order valence-electron chi connectivity index (χ2n) is 4.25. The number of nitrogens with one attached hydrogen (secondary N) is 1. The van der Waals surface area contributed by atoms with Crippen molar-refractivity contribution >= 4 is 40.6 Å². The van der Waals surface area contributed by atoms with Crippen LogP contribution < -0.4 is 11.1 Å². The van der Waals surface area contributed by atoms with Crippen LogP contribution in [0.4, 0.5) is 5.69 Å². The second-order valence-corrected chi connectivity index (χ2v) is 5.09. The summed E-state index contributed by atoms with van der Waals surface area (Å²) in [4.78, 5) is 12.2. The van der Waals surface area contributed by atoms with Crippen LogP contribution in [0, 0.1) is 5.41 Å². The molecule has 104 valence electrons. The first-order valence-electron chi connectivity index (χ1n) is 5.59. The van der Waals surface area contributed by atoms with Gasteiger partial charge in [-0.25, -0.2) is 0 Å². The smallest absolute Gasteiger partial charge is 0.238 e. The first-order valence-corrected chi connectivity index (χ1v) is 6.35. The molecule has 4 N–H and O–H groups in total. The van der Waals surface area contributed by atoms with Crippen molar-refractivity contribution in [1.82, 2.24) is 0 Å². The Morgan fingerprint density at radius 1 is 1.53 bits per heavy atom. The maximum absolute atomic E-state index is 12.2. The van der Waals surface area contributed by atoms with Gasteiger partial charge in [0.05, 0.1) is 10.7 Å². The number of oxime groups is 1. The van der Waals surface area contributed by atoms with E-state index in [9.17, 15) is 4.79 Å². The lowest BCUT2D eigenvalue weighted by Gasteiger charge is -2.25. The van der Waals surface area contributed by atoms with Gasteiger partial charge in [0.25, 0.3) is 0 Å². The molecule has 0 aliphatic heterocycles. The molecule has 5 nitrogen and oxygen atoms in total. The summed E-state index contributed by atoms with van der Waals surface area (Å²) in [5.74, 6) is -0.563. The van der Waals surface area contributed by atoms with Crippen molar-refractivity contribution in [1.29, 1.82) is 0 Å². The Morgan fingerprint density at radius 3 is 2.63 bits per heavy atom. The third-order valence-electron chi connectivity index (χ3n) is 3.06. The number of benzene rings is 1. The van der Waals surface area contributed by atoms with Crippen molar-refractivity contribution in [3.8, 4) is 0 Å². The fraction of sp³-hybridized carbons (Fsp3) is 0.333. The zero-order valence-electron chi connectivity index (χ0n) is 10.6. The van der Waals surface area contributed by atoms with Crippen molar-refractivity contribution in [2.75, 3.05) is 5.32 Å². The highest BCUT2D eigenvalue weighted by molar-refractivity contribution is 6.36. The molecule has 1 atom stereocenters. The minimum atomic E-state index is -1.11. The van der Waals surface area contributed by atoms with E-state index in [0.717, 1.165) is 0 Å². The fourth-order valence-corrected chi connectivity index (χ4v) is 1.88. The number of carbonyl (C=O) groups excluding carboxylic acids is 1. The van der Waals surface area contributed by atoms with E-state index in [2.05, 4.69) is 10.5 Å². The summed E-state index contributed by atoms with van der Waals surface area (Å²) < 4.78 is 0. The summed E-state index contributed by atoms with van der Waals surface area (Å²) in [6.45, 7) is 3.35. The van der Waals surface area contributed by atoms with Gasteiger partial charge in [0, 0.05) is 5.02 Å². The molecule has 0 aliphatic rings. The normalized spacial score (nSPS) is 14.8. The number of hydrogen-bond donors (Lipinski definition) is 3. The third-order valence-corrected chi connectivity index (χ3v) is 3.61. The number of nitrogens with zero attached hydrogens (tertiary/aromatic N) is 1. The summed E-state index contributed by atoms with van der Waals surface area (Å²) in [6, 6.07) is 4.71. The molecule has 1 aromatic rings. The molecule has 0 heterocycles. The number of rotatable bonds is 4. The van der Waals surface area contributed by atoms with Crippen molar-refractivity contribution in [2.45, 2.75) is 20.3 Å². The van der Waals surface area contributed by atoms with E-state index in [1.165, 1.54) is 6.07 Å². The summed E-state index contributed by atoms with van der Waals surface area (Å²) >= 11 is 11.7. The van der Waals surface area contributed by atoms with Gasteiger partial charge in [0.2, 0.25) is 5.91 Å². The lowest BCUT2D eigenvalue weighted by atomic mass is 9.85. The second kappa shape index (κ2) is 6.12. The largest absolute Gasteiger partial charge is 0.409 e. The lowest BCUT2D eigenvalue weighted by Crippen LogP contribution is -2.44. The predicted octanol–water partition coefficient (Wildman–Crippen LogP) is 3.09. The average molecular weight is 304 g/mol. The summed E-state index contributed by atoms with van der Waals surface area (Å²) in [6.07, 6.45) is 0.375. The number of amides is 1. The molecular formula is C12H15Cl2N3O2. The lowest BCUT2D eigenvalue weighted by molar-refractivity contribution is -0.121. The highest BCUT2D eigenvalue weighted by atomic mass is 35.5. The number of nitrogens with two attached hydrogens (primary N) is 1. The molecule has 0 fully saturated rings. The molecule has 0 bridgehead atoms. The minimum Gasteiger partial charge on any atom is -0.409 e. The molecule has 0 saturated heterocycles. The van der Waals surface area contributed by atoms with Crippen molar-refractivity contribution < 1.29 is 10.0 Å². The zero-order valence-corrected chi connectivity index (χ0v) is 12.1. The number of halogens is 2. The first-order chi connectivity index (χ1) is 8.85. The van der Waals surface area contributed by atoms with E-state index < -0.39 is 11.3 Å². The quantitative estimate of drug-likeness (QED) is 0.346. The first kappa shape index (κ1) is 15.6. The Balaban J connectivity index is 3.01. The van der Waals surface area contributed by atoms with E-state index in [-0.39, 0.29) is 5.84 Å². The van der Waals surface area contributed by atoms with Gasteiger partial charge in [-0.2, -0.15) is 0 Å². The summed E-state index contributed by atoms with van der Waals surface area (Å²) in [5.41, 5.74) is 4.87. The van der Waals surface area contributed by atoms with Crippen LogP contribution in [0.25, 0.3) is 0 Å². The number of carbonyl (C=O) groups is 1. The van der Waals surface area contributed by atoms with Gasteiger partial charge in [-0.3, -0.25) is 4.79 Å².